The van der Waals surface area contributed by atoms with Crippen LogP contribution in [0.4, 0.5) is 11.4 Å². The van der Waals surface area contributed by atoms with Crippen LogP contribution in [0.2, 0.25) is 5.02 Å². The molecule has 0 radical (unpaired) electrons. The number of halogens is 1. The molecule has 2 heterocycles. The van der Waals surface area contributed by atoms with Gasteiger partial charge in [-0.25, -0.2) is 0 Å². The summed E-state index contributed by atoms with van der Waals surface area (Å²) in [5.74, 6) is 0.661. The molecule has 1 amide bonds. The quantitative estimate of drug-likeness (QED) is 0.289. The maximum Gasteiger partial charge on any atom is 0.259 e. The lowest BCUT2D eigenvalue weighted by Gasteiger charge is -2.34. The topological polar surface area (TPSA) is 58.6 Å². The van der Waals surface area contributed by atoms with Crippen molar-refractivity contribution in [3.63, 3.8) is 0 Å². The van der Waals surface area contributed by atoms with Crippen molar-refractivity contribution >= 4 is 46.0 Å². The molecular weight excluding hydrogens is 516 g/mol. The normalized spacial score (nSPS) is 18.8. The van der Waals surface area contributed by atoms with Crippen LogP contribution in [0, 0.1) is 0 Å². The Balaban J connectivity index is 1.50. The van der Waals surface area contributed by atoms with Gasteiger partial charge in [-0.15, -0.1) is 11.3 Å². The van der Waals surface area contributed by atoms with Gasteiger partial charge in [0.05, 0.1) is 18.5 Å². The van der Waals surface area contributed by atoms with E-state index >= 15 is 0 Å². The Hall–Kier alpha value is -3.87. The summed E-state index contributed by atoms with van der Waals surface area (Å²) in [7, 11) is 1.64. The highest BCUT2D eigenvalue weighted by Crippen LogP contribution is 2.48. The number of Topliss-reactive ketones (excluding diaryl/α,β-unsaturated/α-hetero) is 1. The minimum atomic E-state index is -0.548. The van der Waals surface area contributed by atoms with E-state index in [1.165, 1.54) is 0 Å². The predicted molar refractivity (Wildman–Crippen MR) is 152 cm³/mol. The number of carbonyl (C=O) groups excluding carboxylic acids is 2. The minimum absolute atomic E-state index is 0.0225. The van der Waals surface area contributed by atoms with Crippen molar-refractivity contribution in [2.75, 3.05) is 17.3 Å². The lowest BCUT2D eigenvalue weighted by molar-refractivity contribution is -0.116. The number of benzene rings is 3. The van der Waals surface area contributed by atoms with Crippen LogP contribution < -0.4 is 15.0 Å². The fraction of sp³-hybridized carbons (Fsp3) is 0.161. The minimum Gasteiger partial charge on any atom is -0.497 e. The molecule has 0 saturated carbocycles. The van der Waals surface area contributed by atoms with E-state index in [1.54, 1.807) is 47.6 Å². The van der Waals surface area contributed by atoms with Gasteiger partial charge in [-0.2, -0.15) is 0 Å². The summed E-state index contributed by atoms with van der Waals surface area (Å²) >= 11 is 7.67. The van der Waals surface area contributed by atoms with Crippen molar-refractivity contribution in [2.24, 2.45) is 0 Å². The van der Waals surface area contributed by atoms with E-state index in [4.69, 9.17) is 16.3 Å². The first-order valence-electron chi connectivity index (χ1n) is 12.4. The summed E-state index contributed by atoms with van der Waals surface area (Å²) in [5.41, 5.74) is 4.63. The van der Waals surface area contributed by atoms with E-state index in [2.05, 4.69) is 5.32 Å². The highest BCUT2D eigenvalue weighted by Gasteiger charge is 2.42. The van der Waals surface area contributed by atoms with E-state index in [9.17, 15) is 9.59 Å². The fourth-order valence-electron chi connectivity index (χ4n) is 5.37. The predicted octanol–water partition coefficient (Wildman–Crippen LogP) is 7.62. The van der Waals surface area contributed by atoms with Crippen LogP contribution in [-0.2, 0) is 4.79 Å². The number of hydrogen-bond acceptors (Lipinski definition) is 5. The Morgan fingerprint density at radius 3 is 2.45 bits per heavy atom. The summed E-state index contributed by atoms with van der Waals surface area (Å²) in [6.45, 7) is 0. The number of rotatable bonds is 4. The summed E-state index contributed by atoms with van der Waals surface area (Å²) < 4.78 is 5.32. The number of amides is 1. The van der Waals surface area contributed by atoms with Gasteiger partial charge < -0.3 is 10.1 Å². The number of ketones is 1. The van der Waals surface area contributed by atoms with Crippen molar-refractivity contribution in [1.29, 1.82) is 0 Å². The van der Waals surface area contributed by atoms with E-state index in [1.807, 2.05) is 66.0 Å². The smallest absolute Gasteiger partial charge is 0.259 e. The number of para-hydroxylation sites is 2. The number of ether oxygens (including phenoxy) is 1. The van der Waals surface area contributed by atoms with Crippen LogP contribution in [0.15, 0.2) is 102 Å². The second-order valence-corrected chi connectivity index (χ2v) is 10.9. The number of nitrogens with one attached hydrogen (secondary N) is 1. The monoisotopic (exact) mass is 540 g/mol. The van der Waals surface area contributed by atoms with Crippen molar-refractivity contribution in [2.45, 2.75) is 24.8 Å². The van der Waals surface area contributed by atoms with Crippen molar-refractivity contribution < 1.29 is 14.3 Å². The van der Waals surface area contributed by atoms with Crippen LogP contribution in [0.25, 0.3) is 0 Å². The van der Waals surface area contributed by atoms with Crippen LogP contribution in [0.1, 0.15) is 45.6 Å². The molecule has 190 valence electrons. The molecular formula is C31H25ClN2O3S. The second-order valence-electron chi connectivity index (χ2n) is 9.44. The number of methoxy groups -OCH3 is 1. The van der Waals surface area contributed by atoms with Crippen molar-refractivity contribution in [3.05, 3.63) is 123 Å². The molecule has 7 heteroatoms. The van der Waals surface area contributed by atoms with E-state index < -0.39 is 6.04 Å². The molecule has 6 rings (SSSR count). The molecule has 38 heavy (non-hydrogen) atoms. The molecule has 5 nitrogen and oxygen atoms in total. The highest BCUT2D eigenvalue weighted by atomic mass is 35.5. The Morgan fingerprint density at radius 1 is 0.974 bits per heavy atom. The van der Waals surface area contributed by atoms with Gasteiger partial charge in [0.25, 0.3) is 5.91 Å². The number of allylic oxidation sites excluding steroid dienone is 1. The molecule has 1 aliphatic carbocycles. The summed E-state index contributed by atoms with van der Waals surface area (Å²) in [6, 6.07) is 26.0. The average molecular weight is 541 g/mol. The third-order valence-corrected chi connectivity index (χ3v) is 8.38. The Kier molecular flexibility index (Phi) is 6.52. The maximum absolute atomic E-state index is 14.2. The molecule has 0 spiro atoms. The largest absolute Gasteiger partial charge is 0.497 e. The second kappa shape index (κ2) is 10.1. The van der Waals surface area contributed by atoms with Gasteiger partial charge in [0.2, 0.25) is 0 Å². The summed E-state index contributed by atoms with van der Waals surface area (Å²) in [5, 5.41) is 6.12. The van der Waals surface area contributed by atoms with Crippen LogP contribution in [-0.4, -0.2) is 18.8 Å². The number of anilines is 2. The first-order chi connectivity index (χ1) is 18.5. The standard InChI is InChI=1S/C31H25ClN2O3S/c1-37-23-14-10-19(11-15-23)21-17-25-29(27(35)18-21)30(28-7-4-16-38-28)34(26-6-3-2-5-24(26)33-25)31(36)20-8-12-22(32)13-9-20/h2-16,21,30,33H,17-18H2,1H3/t21-,30-/m1/s1. The molecule has 0 fully saturated rings. The molecule has 1 N–H and O–H groups in total. The Bertz CT molecular complexity index is 1530. The number of nitrogens with zero attached hydrogens (tertiary/aromatic N) is 1. The molecule has 1 aliphatic heterocycles. The zero-order chi connectivity index (χ0) is 26.2. The number of thiophene rings is 1. The van der Waals surface area contributed by atoms with Crippen LogP contribution >= 0.6 is 22.9 Å². The molecule has 3 aromatic carbocycles. The zero-order valence-corrected chi connectivity index (χ0v) is 22.3. The van der Waals surface area contributed by atoms with E-state index in [0.29, 0.717) is 29.0 Å². The van der Waals surface area contributed by atoms with Crippen molar-refractivity contribution in [3.8, 4) is 5.75 Å². The van der Waals surface area contributed by atoms with Gasteiger partial charge in [0.15, 0.2) is 5.78 Å². The van der Waals surface area contributed by atoms with Crippen molar-refractivity contribution in [1.82, 2.24) is 0 Å². The molecule has 0 saturated heterocycles. The van der Waals surface area contributed by atoms with Gasteiger partial charge in [0.1, 0.15) is 11.8 Å². The van der Waals surface area contributed by atoms with Gasteiger partial charge in [-0.1, -0.05) is 41.9 Å². The van der Waals surface area contributed by atoms with E-state index in [0.717, 1.165) is 33.3 Å². The van der Waals surface area contributed by atoms with Gasteiger partial charge in [-0.05, 0) is 77.9 Å². The molecule has 2 aliphatic rings. The molecule has 0 unspecified atom stereocenters. The SMILES string of the molecule is COc1ccc([C@H]2CC(=O)C3=C(C2)Nc2ccccc2N(C(=O)c2ccc(Cl)cc2)[C@@H]3c2cccs2)cc1. The number of fused-ring (bicyclic) bond motifs is 1. The van der Waals surface area contributed by atoms with Crippen LogP contribution in [0.3, 0.4) is 0 Å². The third kappa shape index (κ3) is 4.40. The average Bonchev–Trinajstić information content (AvgIpc) is 3.43. The lowest BCUT2D eigenvalue weighted by atomic mass is 9.79. The van der Waals surface area contributed by atoms with Gasteiger partial charge in [0, 0.05) is 33.2 Å². The van der Waals surface area contributed by atoms with Gasteiger partial charge in [-0.3, -0.25) is 14.5 Å². The molecule has 0 bridgehead atoms. The van der Waals surface area contributed by atoms with Crippen LogP contribution in [0.5, 0.6) is 5.75 Å². The molecule has 4 aromatic rings. The van der Waals surface area contributed by atoms with Gasteiger partial charge >= 0.3 is 0 Å². The number of hydrogen-bond donors (Lipinski definition) is 1. The summed E-state index contributed by atoms with van der Waals surface area (Å²) in [4.78, 5) is 30.9. The maximum atomic E-state index is 14.2. The number of carbonyl (C=O) groups is 2. The Labute approximate surface area is 230 Å². The highest BCUT2D eigenvalue weighted by molar-refractivity contribution is 7.10. The Morgan fingerprint density at radius 2 is 1.74 bits per heavy atom. The fourth-order valence-corrected chi connectivity index (χ4v) is 6.32. The lowest BCUT2D eigenvalue weighted by Crippen LogP contribution is -2.38. The molecule has 1 aromatic heterocycles. The first-order valence-corrected chi connectivity index (χ1v) is 13.7. The first kappa shape index (κ1) is 24.5. The third-order valence-electron chi connectivity index (χ3n) is 7.20. The summed E-state index contributed by atoms with van der Waals surface area (Å²) in [6.07, 6.45) is 1.03. The zero-order valence-electron chi connectivity index (χ0n) is 20.7. The molecule has 2 atom stereocenters. The van der Waals surface area contributed by atoms with E-state index in [-0.39, 0.29) is 17.6 Å².